The molecule has 1 aromatic rings. The summed E-state index contributed by atoms with van der Waals surface area (Å²) in [5, 5.41) is 12.4. The summed E-state index contributed by atoms with van der Waals surface area (Å²) in [5.41, 5.74) is 5.88. The average molecular weight is 215 g/mol. The monoisotopic (exact) mass is 215 g/mol. The number of hydrogen-bond acceptors (Lipinski definition) is 5. The Kier molecular flexibility index (Phi) is 3.49. The van der Waals surface area contributed by atoms with E-state index in [1.54, 1.807) is 16.4 Å². The summed E-state index contributed by atoms with van der Waals surface area (Å²) in [6.45, 7) is 7.13. The van der Waals surface area contributed by atoms with Crippen molar-refractivity contribution >= 4 is 11.8 Å². The molecule has 1 rings (SSSR count). The Bertz CT molecular complexity index is 290. The highest BCUT2D eigenvalue weighted by atomic mass is 32.2. The lowest BCUT2D eigenvalue weighted by atomic mass is 9.92. The Labute approximate surface area is 88.4 Å². The molecule has 0 saturated carbocycles. The third-order valence-electron chi connectivity index (χ3n) is 2.01. The molecule has 0 fully saturated rings. The Balaban J connectivity index is 2.71. The van der Waals surface area contributed by atoms with Crippen molar-refractivity contribution in [2.75, 3.05) is 6.54 Å². The predicted octanol–water partition coefficient (Wildman–Crippen LogP) is 0.676. The first kappa shape index (κ1) is 11.5. The van der Waals surface area contributed by atoms with Gasteiger partial charge in [-0.1, -0.05) is 32.5 Å². The molecular formula is C8H17N5S. The van der Waals surface area contributed by atoms with Crippen LogP contribution in [0.25, 0.3) is 0 Å². The van der Waals surface area contributed by atoms with E-state index in [4.69, 9.17) is 5.73 Å². The molecule has 0 amide bonds. The minimum absolute atomic E-state index is 0.158. The van der Waals surface area contributed by atoms with Crippen molar-refractivity contribution in [3.05, 3.63) is 0 Å². The van der Waals surface area contributed by atoms with E-state index < -0.39 is 0 Å². The standard InChI is InChI=1S/C8H17N5S/c1-8(2,3)6(5-9)14-7-10-11-12-13(7)4/h6H,5,9H2,1-4H3. The van der Waals surface area contributed by atoms with E-state index in [0.29, 0.717) is 11.8 Å². The fraction of sp³-hybridized carbons (Fsp3) is 0.875. The van der Waals surface area contributed by atoms with Gasteiger partial charge >= 0.3 is 0 Å². The zero-order valence-corrected chi connectivity index (χ0v) is 9.88. The summed E-state index contributed by atoms with van der Waals surface area (Å²) in [6, 6.07) is 0. The molecule has 2 N–H and O–H groups in total. The molecule has 0 aliphatic carbocycles. The minimum Gasteiger partial charge on any atom is -0.329 e. The number of hydrogen-bond donors (Lipinski definition) is 1. The number of aromatic nitrogens is 4. The van der Waals surface area contributed by atoms with Gasteiger partial charge in [0.2, 0.25) is 5.16 Å². The fourth-order valence-corrected chi connectivity index (χ4v) is 2.00. The average Bonchev–Trinajstić information content (AvgIpc) is 2.45. The van der Waals surface area contributed by atoms with Gasteiger partial charge < -0.3 is 5.73 Å². The Morgan fingerprint density at radius 2 is 2.14 bits per heavy atom. The van der Waals surface area contributed by atoms with Crippen LogP contribution in [0.15, 0.2) is 5.16 Å². The van der Waals surface area contributed by atoms with E-state index in [1.165, 1.54) is 0 Å². The van der Waals surface area contributed by atoms with Gasteiger partial charge in [-0.3, -0.25) is 0 Å². The lowest BCUT2D eigenvalue weighted by Gasteiger charge is -2.27. The molecule has 1 aromatic heterocycles. The number of aryl methyl sites for hydroxylation is 1. The molecule has 0 spiro atoms. The highest BCUT2D eigenvalue weighted by Gasteiger charge is 2.25. The predicted molar refractivity (Wildman–Crippen MR) is 57.0 cm³/mol. The van der Waals surface area contributed by atoms with Crippen LogP contribution in [0.5, 0.6) is 0 Å². The summed E-state index contributed by atoms with van der Waals surface area (Å²) in [7, 11) is 1.83. The molecule has 0 aliphatic heterocycles. The van der Waals surface area contributed by atoms with Gasteiger partial charge in [-0.15, -0.1) is 5.10 Å². The molecule has 5 nitrogen and oxygen atoms in total. The number of thioether (sulfide) groups is 1. The molecule has 0 bridgehead atoms. The van der Waals surface area contributed by atoms with E-state index in [-0.39, 0.29) is 5.41 Å². The van der Waals surface area contributed by atoms with E-state index in [0.717, 1.165) is 5.16 Å². The molecule has 0 saturated heterocycles. The maximum atomic E-state index is 5.73. The van der Waals surface area contributed by atoms with Crippen LogP contribution >= 0.6 is 11.8 Å². The van der Waals surface area contributed by atoms with Crippen molar-refractivity contribution in [1.82, 2.24) is 20.2 Å². The van der Waals surface area contributed by atoms with Gasteiger partial charge in [0.25, 0.3) is 0 Å². The molecule has 80 valence electrons. The minimum atomic E-state index is 0.158. The zero-order chi connectivity index (χ0) is 10.8. The molecule has 1 atom stereocenters. The summed E-state index contributed by atoms with van der Waals surface area (Å²) in [5.74, 6) is 0. The van der Waals surface area contributed by atoms with Gasteiger partial charge in [-0.25, -0.2) is 4.68 Å². The molecule has 0 aromatic carbocycles. The van der Waals surface area contributed by atoms with Gasteiger partial charge in [0.05, 0.1) is 0 Å². The Morgan fingerprint density at radius 3 is 2.50 bits per heavy atom. The summed E-state index contributed by atoms with van der Waals surface area (Å²) in [6.07, 6.45) is 0. The second-order valence-corrected chi connectivity index (χ2v) is 5.46. The van der Waals surface area contributed by atoms with E-state index >= 15 is 0 Å². The Hall–Kier alpha value is -0.620. The molecular weight excluding hydrogens is 198 g/mol. The number of tetrazole rings is 1. The van der Waals surface area contributed by atoms with Gasteiger partial charge in [-0.2, -0.15) is 0 Å². The molecule has 14 heavy (non-hydrogen) atoms. The lowest BCUT2D eigenvalue weighted by molar-refractivity contribution is 0.397. The van der Waals surface area contributed by atoms with Gasteiger partial charge in [-0.05, 0) is 15.8 Å². The first-order valence-electron chi connectivity index (χ1n) is 4.54. The van der Waals surface area contributed by atoms with Crippen LogP contribution in [-0.2, 0) is 7.05 Å². The highest BCUT2D eigenvalue weighted by Crippen LogP contribution is 2.32. The third-order valence-corrected chi connectivity index (χ3v) is 3.75. The van der Waals surface area contributed by atoms with Gasteiger partial charge in [0.15, 0.2) is 0 Å². The molecule has 0 aliphatic rings. The van der Waals surface area contributed by atoms with Crippen molar-refractivity contribution in [3.63, 3.8) is 0 Å². The molecule has 6 heteroatoms. The van der Waals surface area contributed by atoms with E-state index in [2.05, 4.69) is 36.3 Å². The summed E-state index contributed by atoms with van der Waals surface area (Å²) >= 11 is 1.63. The lowest BCUT2D eigenvalue weighted by Crippen LogP contribution is -2.31. The van der Waals surface area contributed by atoms with Gasteiger partial charge in [0, 0.05) is 18.8 Å². The van der Waals surface area contributed by atoms with Crippen LogP contribution in [0.1, 0.15) is 20.8 Å². The zero-order valence-electron chi connectivity index (χ0n) is 9.06. The third kappa shape index (κ3) is 2.68. The van der Waals surface area contributed by atoms with Crippen LogP contribution in [0.3, 0.4) is 0 Å². The van der Waals surface area contributed by atoms with Crippen LogP contribution in [0.2, 0.25) is 0 Å². The largest absolute Gasteiger partial charge is 0.329 e. The maximum Gasteiger partial charge on any atom is 0.209 e. The van der Waals surface area contributed by atoms with Crippen LogP contribution in [-0.4, -0.2) is 32.0 Å². The summed E-state index contributed by atoms with van der Waals surface area (Å²) in [4.78, 5) is 0. The Morgan fingerprint density at radius 1 is 1.50 bits per heavy atom. The quantitative estimate of drug-likeness (QED) is 0.751. The number of nitrogens with two attached hydrogens (primary N) is 1. The van der Waals surface area contributed by atoms with Crippen molar-refractivity contribution in [2.45, 2.75) is 31.2 Å². The van der Waals surface area contributed by atoms with Crippen molar-refractivity contribution in [3.8, 4) is 0 Å². The number of rotatable bonds is 3. The second-order valence-electron chi connectivity index (χ2n) is 4.29. The van der Waals surface area contributed by atoms with Crippen molar-refractivity contribution in [2.24, 2.45) is 18.2 Å². The SMILES string of the molecule is Cn1nnnc1SC(CN)C(C)(C)C. The first-order chi connectivity index (χ1) is 6.45. The normalized spacial score (nSPS) is 14.4. The van der Waals surface area contributed by atoms with E-state index in [9.17, 15) is 0 Å². The van der Waals surface area contributed by atoms with Crippen LogP contribution < -0.4 is 5.73 Å². The van der Waals surface area contributed by atoms with E-state index in [1.807, 2.05) is 7.05 Å². The van der Waals surface area contributed by atoms with Crippen molar-refractivity contribution in [1.29, 1.82) is 0 Å². The molecule has 1 heterocycles. The van der Waals surface area contributed by atoms with Gasteiger partial charge in [0.1, 0.15) is 0 Å². The van der Waals surface area contributed by atoms with Crippen LogP contribution in [0.4, 0.5) is 0 Å². The number of nitrogens with zero attached hydrogens (tertiary/aromatic N) is 4. The van der Waals surface area contributed by atoms with Crippen molar-refractivity contribution < 1.29 is 0 Å². The highest BCUT2D eigenvalue weighted by molar-refractivity contribution is 7.99. The maximum absolute atomic E-state index is 5.73. The summed E-state index contributed by atoms with van der Waals surface area (Å²) < 4.78 is 1.67. The second kappa shape index (κ2) is 4.27. The molecule has 0 radical (unpaired) electrons. The molecule has 1 unspecified atom stereocenters. The fourth-order valence-electron chi connectivity index (χ4n) is 1.03. The first-order valence-corrected chi connectivity index (χ1v) is 5.42. The smallest absolute Gasteiger partial charge is 0.209 e. The van der Waals surface area contributed by atoms with Crippen LogP contribution in [0, 0.1) is 5.41 Å². The topological polar surface area (TPSA) is 69.6 Å².